The quantitative estimate of drug-likeness (QED) is 0.885. The van der Waals surface area contributed by atoms with Crippen LogP contribution in [0.1, 0.15) is 28.9 Å². The van der Waals surface area contributed by atoms with Gasteiger partial charge in [0.1, 0.15) is 10.7 Å². The monoisotopic (exact) mass is 290 g/mol. The standard InChI is InChI=1S/C11H16F2N4OS/c12-7(13)6-15-10(18)8-9(14)16-11(19-8)17-4-2-1-3-5-17/h7H,1-6,14H2,(H,15,18). The fourth-order valence-electron chi connectivity index (χ4n) is 1.95. The van der Waals surface area contributed by atoms with E-state index in [2.05, 4.69) is 15.2 Å². The Balaban J connectivity index is 2.05. The number of nitrogen functional groups attached to an aromatic ring is 1. The Labute approximate surface area is 113 Å². The number of amides is 1. The number of alkyl halides is 2. The van der Waals surface area contributed by atoms with Gasteiger partial charge in [-0.1, -0.05) is 11.3 Å². The third-order valence-corrected chi connectivity index (χ3v) is 4.02. The van der Waals surface area contributed by atoms with Gasteiger partial charge in [0.15, 0.2) is 5.13 Å². The molecule has 1 amide bonds. The maximum Gasteiger partial charge on any atom is 0.265 e. The average molecular weight is 290 g/mol. The number of aromatic nitrogens is 1. The molecule has 0 saturated carbocycles. The van der Waals surface area contributed by atoms with Crippen molar-refractivity contribution in [1.29, 1.82) is 0 Å². The van der Waals surface area contributed by atoms with E-state index in [1.54, 1.807) is 0 Å². The molecular formula is C11H16F2N4OS. The molecule has 1 aliphatic heterocycles. The van der Waals surface area contributed by atoms with Gasteiger partial charge in [0.05, 0.1) is 6.54 Å². The summed E-state index contributed by atoms with van der Waals surface area (Å²) < 4.78 is 24.1. The highest BCUT2D eigenvalue weighted by Gasteiger charge is 2.21. The van der Waals surface area contributed by atoms with Crippen molar-refractivity contribution in [3.63, 3.8) is 0 Å². The zero-order valence-electron chi connectivity index (χ0n) is 10.4. The van der Waals surface area contributed by atoms with Gasteiger partial charge < -0.3 is 16.0 Å². The minimum atomic E-state index is -2.57. The van der Waals surface area contributed by atoms with E-state index in [0.717, 1.165) is 37.3 Å². The number of thiazole rings is 1. The van der Waals surface area contributed by atoms with Gasteiger partial charge in [-0.15, -0.1) is 0 Å². The molecule has 0 aromatic carbocycles. The van der Waals surface area contributed by atoms with Crippen LogP contribution in [-0.2, 0) is 0 Å². The lowest BCUT2D eigenvalue weighted by molar-refractivity contribution is 0.0896. The van der Waals surface area contributed by atoms with Crippen LogP contribution in [0.5, 0.6) is 0 Å². The summed E-state index contributed by atoms with van der Waals surface area (Å²) >= 11 is 1.16. The molecule has 1 aliphatic rings. The molecule has 106 valence electrons. The van der Waals surface area contributed by atoms with Crippen LogP contribution in [0, 0.1) is 0 Å². The van der Waals surface area contributed by atoms with Crippen LogP contribution in [-0.4, -0.2) is 37.0 Å². The van der Waals surface area contributed by atoms with Gasteiger partial charge in [-0.05, 0) is 19.3 Å². The Bertz CT molecular complexity index is 446. The summed E-state index contributed by atoms with van der Waals surface area (Å²) in [5, 5.41) is 2.83. The maximum atomic E-state index is 12.0. The van der Waals surface area contributed by atoms with Crippen molar-refractivity contribution in [2.45, 2.75) is 25.7 Å². The summed E-state index contributed by atoms with van der Waals surface area (Å²) in [6, 6.07) is 0. The highest BCUT2D eigenvalue weighted by molar-refractivity contribution is 7.18. The summed E-state index contributed by atoms with van der Waals surface area (Å²) in [6.07, 6.45) is 0.803. The van der Waals surface area contributed by atoms with Gasteiger partial charge in [0.25, 0.3) is 12.3 Å². The van der Waals surface area contributed by atoms with Crippen LogP contribution < -0.4 is 16.0 Å². The summed E-state index contributed by atoms with van der Waals surface area (Å²) in [5.41, 5.74) is 5.68. The SMILES string of the molecule is Nc1nc(N2CCCCC2)sc1C(=O)NCC(F)F. The summed E-state index contributed by atoms with van der Waals surface area (Å²) in [7, 11) is 0. The lowest BCUT2D eigenvalue weighted by Crippen LogP contribution is -2.29. The van der Waals surface area contributed by atoms with Crippen molar-refractivity contribution in [3.05, 3.63) is 4.88 Å². The van der Waals surface area contributed by atoms with Gasteiger partial charge in [-0.25, -0.2) is 13.8 Å². The number of hydrogen-bond donors (Lipinski definition) is 2. The molecule has 0 atom stereocenters. The first-order valence-electron chi connectivity index (χ1n) is 6.15. The van der Waals surface area contributed by atoms with Gasteiger partial charge in [0.2, 0.25) is 0 Å². The molecule has 1 aromatic rings. The molecule has 2 heterocycles. The van der Waals surface area contributed by atoms with Gasteiger partial charge in [-0.2, -0.15) is 0 Å². The first-order chi connectivity index (χ1) is 9.08. The summed E-state index contributed by atoms with van der Waals surface area (Å²) in [4.78, 5) is 18.1. The minimum Gasteiger partial charge on any atom is -0.382 e. The number of piperidine rings is 1. The van der Waals surface area contributed by atoms with Crippen LogP contribution in [0.25, 0.3) is 0 Å². The molecule has 0 aliphatic carbocycles. The third kappa shape index (κ3) is 3.52. The molecule has 0 spiro atoms. The van der Waals surface area contributed by atoms with Crippen LogP contribution in [0.3, 0.4) is 0 Å². The lowest BCUT2D eigenvalue weighted by atomic mass is 10.1. The van der Waals surface area contributed by atoms with Gasteiger partial charge in [0, 0.05) is 13.1 Å². The van der Waals surface area contributed by atoms with Gasteiger partial charge in [-0.3, -0.25) is 4.79 Å². The van der Waals surface area contributed by atoms with Crippen LogP contribution >= 0.6 is 11.3 Å². The molecule has 8 heteroatoms. The van der Waals surface area contributed by atoms with Crippen molar-refractivity contribution >= 4 is 28.2 Å². The number of nitrogens with two attached hydrogens (primary N) is 1. The van der Waals surface area contributed by atoms with Crippen molar-refractivity contribution in [2.24, 2.45) is 0 Å². The second-order valence-electron chi connectivity index (χ2n) is 4.36. The number of anilines is 2. The molecule has 0 radical (unpaired) electrons. The van der Waals surface area contributed by atoms with E-state index in [4.69, 9.17) is 5.73 Å². The minimum absolute atomic E-state index is 0.109. The third-order valence-electron chi connectivity index (χ3n) is 2.89. The Kier molecular flexibility index (Phi) is 4.52. The maximum absolute atomic E-state index is 12.0. The summed E-state index contributed by atoms with van der Waals surface area (Å²) in [5.74, 6) is -0.476. The second-order valence-corrected chi connectivity index (χ2v) is 5.34. The Morgan fingerprint density at radius 1 is 1.42 bits per heavy atom. The molecule has 3 N–H and O–H groups in total. The predicted octanol–water partition coefficient (Wildman–Crippen LogP) is 1.71. The van der Waals surface area contributed by atoms with E-state index in [0.29, 0.717) is 5.13 Å². The first-order valence-corrected chi connectivity index (χ1v) is 6.97. The number of nitrogens with zero attached hydrogens (tertiary/aromatic N) is 2. The summed E-state index contributed by atoms with van der Waals surface area (Å²) in [6.45, 7) is 1.12. The Hall–Kier alpha value is -1.44. The van der Waals surface area contributed by atoms with E-state index in [1.807, 2.05) is 0 Å². The highest BCUT2D eigenvalue weighted by Crippen LogP contribution is 2.29. The van der Waals surface area contributed by atoms with Crippen molar-refractivity contribution < 1.29 is 13.6 Å². The zero-order chi connectivity index (χ0) is 13.8. The number of carbonyl (C=O) groups excluding carboxylic acids is 1. The van der Waals surface area contributed by atoms with Crippen LogP contribution in [0.4, 0.5) is 19.7 Å². The lowest BCUT2D eigenvalue weighted by Gasteiger charge is -2.25. The molecule has 0 bridgehead atoms. The normalized spacial score (nSPS) is 15.8. The van der Waals surface area contributed by atoms with E-state index in [9.17, 15) is 13.6 Å². The van der Waals surface area contributed by atoms with Crippen LogP contribution in [0.15, 0.2) is 0 Å². The fourth-order valence-corrected chi connectivity index (χ4v) is 2.91. The smallest absolute Gasteiger partial charge is 0.265 e. The molecule has 0 unspecified atom stereocenters. The number of carbonyl (C=O) groups is 1. The topological polar surface area (TPSA) is 71.2 Å². The molecule has 1 saturated heterocycles. The molecule has 5 nitrogen and oxygen atoms in total. The largest absolute Gasteiger partial charge is 0.382 e. The van der Waals surface area contributed by atoms with E-state index in [-0.39, 0.29) is 10.7 Å². The number of hydrogen-bond acceptors (Lipinski definition) is 5. The molecule has 1 fully saturated rings. The Morgan fingerprint density at radius 3 is 2.74 bits per heavy atom. The first kappa shape index (κ1) is 14.0. The number of halogens is 2. The highest BCUT2D eigenvalue weighted by atomic mass is 32.1. The van der Waals surface area contributed by atoms with Gasteiger partial charge >= 0.3 is 0 Å². The number of rotatable bonds is 4. The molecular weight excluding hydrogens is 274 g/mol. The molecule has 2 rings (SSSR count). The fraction of sp³-hybridized carbons (Fsp3) is 0.636. The number of nitrogens with one attached hydrogen (secondary N) is 1. The zero-order valence-corrected chi connectivity index (χ0v) is 11.2. The average Bonchev–Trinajstić information content (AvgIpc) is 2.79. The van der Waals surface area contributed by atoms with Crippen molar-refractivity contribution in [2.75, 3.05) is 30.3 Å². The second kappa shape index (κ2) is 6.14. The van der Waals surface area contributed by atoms with E-state index in [1.165, 1.54) is 6.42 Å². The van der Waals surface area contributed by atoms with Crippen LogP contribution in [0.2, 0.25) is 0 Å². The van der Waals surface area contributed by atoms with E-state index < -0.39 is 18.9 Å². The molecule has 1 aromatic heterocycles. The van der Waals surface area contributed by atoms with E-state index >= 15 is 0 Å². The Morgan fingerprint density at radius 2 is 2.11 bits per heavy atom. The van der Waals surface area contributed by atoms with Crippen molar-refractivity contribution in [3.8, 4) is 0 Å². The molecule has 19 heavy (non-hydrogen) atoms. The van der Waals surface area contributed by atoms with Crippen molar-refractivity contribution in [1.82, 2.24) is 10.3 Å². The predicted molar refractivity (Wildman–Crippen MR) is 70.9 cm³/mol.